The van der Waals surface area contributed by atoms with Gasteiger partial charge in [-0.25, -0.2) is 14.4 Å². The monoisotopic (exact) mass is 557 g/mol. The summed E-state index contributed by atoms with van der Waals surface area (Å²) >= 11 is 0. The van der Waals surface area contributed by atoms with Crippen LogP contribution in [0.4, 0.5) is 11.4 Å². The molecule has 0 saturated carbocycles. The maximum atomic E-state index is 12.5. The van der Waals surface area contributed by atoms with Gasteiger partial charge in [0.05, 0.1) is 35.1 Å². The molecule has 0 spiro atoms. The van der Waals surface area contributed by atoms with E-state index >= 15 is 0 Å². The van der Waals surface area contributed by atoms with Crippen molar-refractivity contribution in [1.82, 2.24) is 14.7 Å². The zero-order valence-electron chi connectivity index (χ0n) is 23.5. The zero-order valence-corrected chi connectivity index (χ0v) is 23.5. The minimum absolute atomic E-state index is 0.127. The van der Waals surface area contributed by atoms with Gasteiger partial charge >= 0.3 is 5.97 Å². The van der Waals surface area contributed by atoms with Crippen molar-refractivity contribution in [2.24, 2.45) is 0 Å². The number of aromatic nitrogens is 2. The van der Waals surface area contributed by atoms with Gasteiger partial charge in [0.2, 0.25) is 0 Å². The number of hydrogen-bond donors (Lipinski definition) is 2. The fourth-order valence-corrected chi connectivity index (χ4v) is 4.18. The number of aryl methyl sites for hydroxylation is 1. The lowest BCUT2D eigenvalue weighted by atomic mass is 10.1. The summed E-state index contributed by atoms with van der Waals surface area (Å²) in [5.41, 5.74) is 1.72. The van der Waals surface area contributed by atoms with Crippen molar-refractivity contribution in [3.8, 4) is 23.3 Å². The third kappa shape index (κ3) is 6.08. The highest BCUT2D eigenvalue weighted by molar-refractivity contribution is 5.97. The molecule has 4 rings (SSSR count). The van der Waals surface area contributed by atoms with Crippen molar-refractivity contribution < 1.29 is 29.0 Å². The standard InChI is InChI=1S/C30H31N5O6/c1-6-35(38)29(37)30(4,5)41-25-11-9-8-10-24(25)40-22-14-12-21(13-15-22)33-26-20(16-31)17-32-34-18-23(19(3)27(26)34)28(36)39-7-2/h8-15,17-18,33,38H,6-7H2,1-5H3. The Labute approximate surface area is 237 Å². The van der Waals surface area contributed by atoms with Gasteiger partial charge in [-0.05, 0) is 76.6 Å². The number of hydrogen-bond acceptors (Lipinski definition) is 9. The molecule has 0 radical (unpaired) electrons. The van der Waals surface area contributed by atoms with Crippen molar-refractivity contribution >= 4 is 28.8 Å². The number of nitrogens with one attached hydrogen (secondary N) is 1. The lowest BCUT2D eigenvalue weighted by Crippen LogP contribution is -2.47. The lowest BCUT2D eigenvalue weighted by molar-refractivity contribution is -0.179. The molecule has 1 amide bonds. The predicted molar refractivity (Wildman–Crippen MR) is 151 cm³/mol. The molecule has 2 aromatic heterocycles. The molecular weight excluding hydrogens is 526 g/mol. The maximum Gasteiger partial charge on any atom is 0.340 e. The number of hydroxylamine groups is 2. The quantitative estimate of drug-likeness (QED) is 0.144. The van der Waals surface area contributed by atoms with E-state index in [-0.39, 0.29) is 13.2 Å². The van der Waals surface area contributed by atoms with Crippen molar-refractivity contribution in [2.45, 2.75) is 40.2 Å². The number of benzene rings is 2. The molecule has 11 nitrogen and oxygen atoms in total. The Morgan fingerprint density at radius 2 is 1.80 bits per heavy atom. The molecular formula is C30H31N5O6. The summed E-state index contributed by atoms with van der Waals surface area (Å²) < 4.78 is 18.7. The van der Waals surface area contributed by atoms with Crippen molar-refractivity contribution in [3.63, 3.8) is 0 Å². The Morgan fingerprint density at radius 1 is 1.12 bits per heavy atom. The largest absolute Gasteiger partial charge is 0.474 e. The first-order chi connectivity index (χ1) is 19.6. The SMILES string of the molecule is CCOC(=O)c1cn2ncc(C#N)c(Nc3ccc(Oc4ccccc4OC(C)(C)C(=O)N(O)CC)cc3)c2c1C. The van der Waals surface area contributed by atoms with Crippen LogP contribution in [0.25, 0.3) is 5.52 Å². The number of carbonyl (C=O) groups is 2. The van der Waals surface area contributed by atoms with E-state index in [4.69, 9.17) is 14.2 Å². The normalized spacial score (nSPS) is 11.0. The van der Waals surface area contributed by atoms with Crippen LogP contribution >= 0.6 is 0 Å². The molecule has 0 fully saturated rings. The number of nitrogens with zero attached hydrogens (tertiary/aromatic N) is 4. The Morgan fingerprint density at radius 3 is 2.44 bits per heavy atom. The number of rotatable bonds is 10. The number of amides is 1. The van der Waals surface area contributed by atoms with Gasteiger partial charge in [0.15, 0.2) is 17.1 Å². The van der Waals surface area contributed by atoms with Gasteiger partial charge in [0, 0.05) is 18.4 Å². The van der Waals surface area contributed by atoms with E-state index in [1.165, 1.54) is 6.20 Å². The zero-order chi connectivity index (χ0) is 29.7. The van der Waals surface area contributed by atoms with Crippen LogP contribution in [0, 0.1) is 18.3 Å². The first-order valence-corrected chi connectivity index (χ1v) is 13.0. The van der Waals surface area contributed by atoms with Crippen LogP contribution in [-0.2, 0) is 9.53 Å². The second-order valence-electron chi connectivity index (χ2n) is 9.56. The second kappa shape index (κ2) is 12.0. The van der Waals surface area contributed by atoms with Crippen LogP contribution in [0.3, 0.4) is 0 Å². The molecule has 0 aliphatic rings. The topological polar surface area (TPSA) is 138 Å². The molecule has 212 valence electrons. The Kier molecular flexibility index (Phi) is 8.45. The minimum atomic E-state index is -1.34. The average molecular weight is 558 g/mol. The highest BCUT2D eigenvalue weighted by atomic mass is 16.6. The van der Waals surface area contributed by atoms with Gasteiger partial charge in [-0.3, -0.25) is 10.0 Å². The van der Waals surface area contributed by atoms with Crippen LogP contribution < -0.4 is 14.8 Å². The van der Waals surface area contributed by atoms with E-state index in [1.54, 1.807) is 93.9 Å². The van der Waals surface area contributed by atoms with E-state index in [9.17, 15) is 20.1 Å². The third-order valence-corrected chi connectivity index (χ3v) is 6.29. The molecule has 0 unspecified atom stereocenters. The molecule has 11 heteroatoms. The third-order valence-electron chi connectivity index (χ3n) is 6.29. The number of anilines is 2. The Bertz CT molecular complexity index is 1620. The molecule has 2 aromatic carbocycles. The smallest absolute Gasteiger partial charge is 0.340 e. The van der Waals surface area contributed by atoms with Gasteiger partial charge < -0.3 is 19.5 Å². The molecule has 0 saturated heterocycles. The van der Waals surface area contributed by atoms with Crippen LogP contribution in [-0.4, -0.2) is 50.5 Å². The van der Waals surface area contributed by atoms with Crippen molar-refractivity contribution in [3.05, 3.63) is 77.6 Å². The first kappa shape index (κ1) is 28.9. The fourth-order valence-electron chi connectivity index (χ4n) is 4.18. The predicted octanol–water partition coefficient (Wildman–Crippen LogP) is 5.62. The molecule has 0 aliphatic heterocycles. The van der Waals surface area contributed by atoms with E-state index in [1.807, 2.05) is 0 Å². The summed E-state index contributed by atoms with van der Waals surface area (Å²) in [6, 6.07) is 16.1. The number of esters is 1. The van der Waals surface area contributed by atoms with Gasteiger partial charge in [-0.1, -0.05) is 12.1 Å². The van der Waals surface area contributed by atoms with Crippen LogP contribution in [0.15, 0.2) is 60.9 Å². The first-order valence-electron chi connectivity index (χ1n) is 13.0. The molecule has 41 heavy (non-hydrogen) atoms. The van der Waals surface area contributed by atoms with Crippen LogP contribution in [0.5, 0.6) is 17.2 Å². The van der Waals surface area contributed by atoms with Crippen LogP contribution in [0.2, 0.25) is 0 Å². The van der Waals surface area contributed by atoms with Gasteiger partial charge in [-0.15, -0.1) is 0 Å². The minimum Gasteiger partial charge on any atom is -0.474 e. The van der Waals surface area contributed by atoms with Crippen molar-refractivity contribution in [2.75, 3.05) is 18.5 Å². The molecule has 4 aromatic rings. The molecule has 0 bridgehead atoms. The van der Waals surface area contributed by atoms with Gasteiger partial charge in [-0.2, -0.15) is 10.4 Å². The Hall–Kier alpha value is -5.08. The number of ether oxygens (including phenoxy) is 3. The summed E-state index contributed by atoms with van der Waals surface area (Å²) in [5, 5.41) is 27.7. The summed E-state index contributed by atoms with van der Waals surface area (Å²) in [7, 11) is 0. The molecule has 2 N–H and O–H groups in total. The lowest BCUT2D eigenvalue weighted by Gasteiger charge is -2.28. The van der Waals surface area contributed by atoms with Gasteiger partial charge in [0.1, 0.15) is 11.8 Å². The summed E-state index contributed by atoms with van der Waals surface area (Å²) in [6.07, 6.45) is 3.02. The van der Waals surface area contributed by atoms with E-state index in [0.717, 1.165) is 0 Å². The summed E-state index contributed by atoms with van der Waals surface area (Å²) in [4.78, 5) is 24.9. The van der Waals surface area contributed by atoms with E-state index in [2.05, 4.69) is 16.5 Å². The van der Waals surface area contributed by atoms with E-state index < -0.39 is 17.5 Å². The number of likely N-dealkylation sites (N-methyl/N-ethyl adjacent to an activating group) is 1. The van der Waals surface area contributed by atoms with Gasteiger partial charge in [0.25, 0.3) is 5.91 Å². The molecule has 0 atom stereocenters. The van der Waals surface area contributed by atoms with E-state index in [0.29, 0.717) is 55.9 Å². The highest BCUT2D eigenvalue weighted by Gasteiger charge is 2.34. The Balaban J connectivity index is 1.58. The molecule has 0 aliphatic carbocycles. The van der Waals surface area contributed by atoms with Crippen LogP contribution in [0.1, 0.15) is 49.2 Å². The number of carbonyl (C=O) groups excluding carboxylic acids is 2. The summed E-state index contributed by atoms with van der Waals surface area (Å²) in [6.45, 7) is 8.68. The number of fused-ring (bicyclic) bond motifs is 1. The van der Waals surface area contributed by atoms with Crippen molar-refractivity contribution in [1.29, 1.82) is 5.26 Å². The maximum absolute atomic E-state index is 12.5. The number of para-hydroxylation sites is 2. The summed E-state index contributed by atoms with van der Waals surface area (Å²) in [5.74, 6) is 0.165. The molecule has 2 heterocycles. The average Bonchev–Trinajstić information content (AvgIpc) is 3.31. The fraction of sp³-hybridized carbons (Fsp3) is 0.267. The number of nitriles is 1. The highest BCUT2D eigenvalue weighted by Crippen LogP contribution is 2.35. The second-order valence-corrected chi connectivity index (χ2v) is 9.56.